The number of hydrazine groups is 1. The maximum Gasteiger partial charge on any atom is 0.337 e. The molecule has 0 unspecified atom stereocenters. The number of anilines is 1. The molecule has 0 saturated carbocycles. The van der Waals surface area contributed by atoms with E-state index in [2.05, 4.69) is 21.3 Å². The lowest BCUT2D eigenvalue weighted by Gasteiger charge is -2.15. The van der Waals surface area contributed by atoms with E-state index in [1.807, 2.05) is 50.2 Å². The van der Waals surface area contributed by atoms with Gasteiger partial charge in [-0.05, 0) is 55.3 Å². The zero-order valence-electron chi connectivity index (χ0n) is 19.6. The summed E-state index contributed by atoms with van der Waals surface area (Å²) in [5.41, 5.74) is 8.18. The number of para-hydroxylation sites is 1. The van der Waals surface area contributed by atoms with Gasteiger partial charge in [-0.15, -0.1) is 0 Å². The normalized spacial score (nSPS) is 10.6. The van der Waals surface area contributed by atoms with Gasteiger partial charge in [0.2, 0.25) is 0 Å². The van der Waals surface area contributed by atoms with Gasteiger partial charge >= 0.3 is 6.03 Å². The first-order chi connectivity index (χ1) is 16.8. The van der Waals surface area contributed by atoms with Crippen molar-refractivity contribution in [2.75, 3.05) is 11.9 Å². The van der Waals surface area contributed by atoms with Crippen molar-refractivity contribution in [3.63, 3.8) is 0 Å². The van der Waals surface area contributed by atoms with Crippen LogP contribution in [0.4, 0.5) is 10.5 Å². The van der Waals surface area contributed by atoms with Crippen LogP contribution in [0.15, 0.2) is 71.5 Å². The number of carbonyl (C=O) groups is 2. The Bertz CT molecular complexity index is 1440. The van der Waals surface area contributed by atoms with Gasteiger partial charge in [0.1, 0.15) is 5.75 Å². The fourth-order valence-electron chi connectivity index (χ4n) is 3.81. The molecule has 9 nitrogen and oxygen atoms in total. The predicted molar refractivity (Wildman–Crippen MR) is 134 cm³/mol. The standard InChI is InChI=1S/C26H25N5O4/c1-16-13-18(23-20-11-7-8-12-21(20)25(33)31(3)30-23)14-17(2)24(16)35-15-22(32)28-29-26(34)27-19-9-5-4-6-10-19/h4-14H,15H2,1-3H3,(H,28,32)(H2,27,29,34). The number of aromatic nitrogens is 2. The second kappa shape index (κ2) is 10.1. The monoisotopic (exact) mass is 471 g/mol. The highest BCUT2D eigenvalue weighted by Crippen LogP contribution is 2.32. The van der Waals surface area contributed by atoms with Gasteiger partial charge in [-0.3, -0.25) is 15.0 Å². The van der Waals surface area contributed by atoms with Crippen molar-refractivity contribution in [1.82, 2.24) is 20.6 Å². The summed E-state index contributed by atoms with van der Waals surface area (Å²) in [4.78, 5) is 36.5. The fraction of sp³-hybridized carbons (Fsp3) is 0.154. The quantitative estimate of drug-likeness (QED) is 0.386. The van der Waals surface area contributed by atoms with Gasteiger partial charge in [0.15, 0.2) is 6.61 Å². The summed E-state index contributed by atoms with van der Waals surface area (Å²) < 4.78 is 7.07. The molecule has 3 aromatic carbocycles. The minimum absolute atomic E-state index is 0.158. The van der Waals surface area contributed by atoms with Crippen molar-refractivity contribution in [2.24, 2.45) is 7.05 Å². The number of carbonyl (C=O) groups excluding carboxylic acids is 2. The number of nitrogens with one attached hydrogen (secondary N) is 3. The Morgan fingerprint density at radius 3 is 2.23 bits per heavy atom. The highest BCUT2D eigenvalue weighted by molar-refractivity contribution is 5.94. The smallest absolute Gasteiger partial charge is 0.337 e. The molecule has 0 aliphatic rings. The van der Waals surface area contributed by atoms with Crippen LogP contribution in [-0.2, 0) is 11.8 Å². The Morgan fingerprint density at radius 2 is 1.54 bits per heavy atom. The van der Waals surface area contributed by atoms with Crippen molar-refractivity contribution in [2.45, 2.75) is 13.8 Å². The van der Waals surface area contributed by atoms with Gasteiger partial charge in [0.05, 0.1) is 11.1 Å². The van der Waals surface area contributed by atoms with E-state index in [1.54, 1.807) is 37.4 Å². The number of ether oxygens (including phenoxy) is 1. The Balaban J connectivity index is 1.44. The lowest BCUT2D eigenvalue weighted by Crippen LogP contribution is -2.45. The minimum atomic E-state index is -0.571. The van der Waals surface area contributed by atoms with Crippen LogP contribution in [0.5, 0.6) is 5.75 Å². The van der Waals surface area contributed by atoms with Crippen molar-refractivity contribution < 1.29 is 14.3 Å². The molecule has 0 saturated heterocycles. The summed E-state index contributed by atoms with van der Waals surface area (Å²) in [6, 6.07) is 19.5. The molecule has 35 heavy (non-hydrogen) atoms. The molecule has 4 rings (SSSR count). The zero-order valence-corrected chi connectivity index (χ0v) is 19.6. The molecular weight excluding hydrogens is 446 g/mol. The highest BCUT2D eigenvalue weighted by Gasteiger charge is 2.15. The molecule has 0 aliphatic carbocycles. The molecule has 0 atom stereocenters. The van der Waals surface area contributed by atoms with Crippen molar-refractivity contribution >= 4 is 28.4 Å². The van der Waals surface area contributed by atoms with Crippen LogP contribution in [0.2, 0.25) is 0 Å². The van der Waals surface area contributed by atoms with Crippen LogP contribution in [0, 0.1) is 13.8 Å². The van der Waals surface area contributed by atoms with Gasteiger partial charge in [0, 0.05) is 23.7 Å². The number of aryl methyl sites for hydroxylation is 3. The van der Waals surface area contributed by atoms with Gasteiger partial charge < -0.3 is 10.1 Å². The molecule has 3 amide bonds. The van der Waals surface area contributed by atoms with E-state index in [9.17, 15) is 14.4 Å². The van der Waals surface area contributed by atoms with E-state index in [1.165, 1.54) is 4.68 Å². The van der Waals surface area contributed by atoms with E-state index in [-0.39, 0.29) is 12.2 Å². The van der Waals surface area contributed by atoms with Crippen LogP contribution in [0.25, 0.3) is 22.0 Å². The zero-order chi connectivity index (χ0) is 24.9. The highest BCUT2D eigenvalue weighted by atomic mass is 16.5. The average molecular weight is 472 g/mol. The summed E-state index contributed by atoms with van der Waals surface area (Å²) in [5, 5.41) is 8.44. The number of hydrogen-bond acceptors (Lipinski definition) is 5. The summed E-state index contributed by atoms with van der Waals surface area (Å²) in [5.74, 6) is 0.0496. The number of rotatable bonds is 5. The lowest BCUT2D eigenvalue weighted by molar-refractivity contribution is -0.123. The minimum Gasteiger partial charge on any atom is -0.483 e. The van der Waals surface area contributed by atoms with Crippen molar-refractivity contribution in [1.29, 1.82) is 0 Å². The molecule has 1 aromatic heterocycles. The SMILES string of the molecule is Cc1cc(-c2nn(C)c(=O)c3ccccc23)cc(C)c1OCC(=O)NNC(=O)Nc1ccccc1. The fourth-order valence-corrected chi connectivity index (χ4v) is 3.81. The third kappa shape index (κ3) is 5.30. The molecule has 1 heterocycles. The Labute approximate surface area is 201 Å². The van der Waals surface area contributed by atoms with Crippen molar-refractivity contribution in [3.8, 4) is 17.0 Å². The first-order valence-corrected chi connectivity index (χ1v) is 10.9. The van der Waals surface area contributed by atoms with Gasteiger partial charge in [-0.1, -0.05) is 36.4 Å². The first-order valence-electron chi connectivity index (χ1n) is 10.9. The van der Waals surface area contributed by atoms with E-state index < -0.39 is 11.9 Å². The van der Waals surface area contributed by atoms with E-state index >= 15 is 0 Å². The first kappa shape index (κ1) is 23.5. The van der Waals surface area contributed by atoms with Crippen LogP contribution >= 0.6 is 0 Å². The average Bonchev–Trinajstić information content (AvgIpc) is 2.85. The largest absolute Gasteiger partial charge is 0.483 e. The predicted octanol–water partition coefficient (Wildman–Crippen LogP) is 3.45. The number of benzene rings is 3. The van der Waals surface area contributed by atoms with Crippen LogP contribution in [0.3, 0.4) is 0 Å². The van der Waals surface area contributed by atoms with E-state index in [0.29, 0.717) is 22.5 Å². The molecule has 178 valence electrons. The molecule has 4 aromatic rings. The molecule has 0 bridgehead atoms. The Morgan fingerprint density at radius 1 is 0.914 bits per heavy atom. The molecule has 0 spiro atoms. The summed E-state index contributed by atoms with van der Waals surface area (Å²) in [6.45, 7) is 3.46. The van der Waals surface area contributed by atoms with Gasteiger partial charge in [0.25, 0.3) is 11.5 Å². The van der Waals surface area contributed by atoms with E-state index in [0.717, 1.165) is 22.1 Å². The third-order valence-corrected chi connectivity index (χ3v) is 5.38. The van der Waals surface area contributed by atoms with Gasteiger partial charge in [-0.2, -0.15) is 5.10 Å². The molecular formula is C26H25N5O4. The summed E-state index contributed by atoms with van der Waals surface area (Å²) in [6.07, 6.45) is 0. The number of hydrogen-bond donors (Lipinski definition) is 3. The van der Waals surface area contributed by atoms with Crippen molar-refractivity contribution in [3.05, 3.63) is 88.2 Å². The number of fused-ring (bicyclic) bond motifs is 1. The molecule has 3 N–H and O–H groups in total. The number of nitrogens with zero attached hydrogens (tertiary/aromatic N) is 2. The topological polar surface area (TPSA) is 114 Å². The molecule has 0 aliphatic heterocycles. The summed E-state index contributed by atoms with van der Waals surface area (Å²) in [7, 11) is 1.63. The van der Waals surface area contributed by atoms with Crippen LogP contribution in [0.1, 0.15) is 11.1 Å². The van der Waals surface area contributed by atoms with Gasteiger partial charge in [-0.25, -0.2) is 14.9 Å². The molecule has 9 heteroatoms. The number of urea groups is 1. The molecule has 0 fully saturated rings. The van der Waals surface area contributed by atoms with E-state index in [4.69, 9.17) is 4.74 Å². The second-order valence-electron chi connectivity index (χ2n) is 8.04. The maximum absolute atomic E-state index is 12.4. The molecule has 0 radical (unpaired) electrons. The third-order valence-electron chi connectivity index (χ3n) is 5.38. The Hall–Kier alpha value is -4.66. The van der Waals surface area contributed by atoms with Crippen LogP contribution < -0.4 is 26.5 Å². The Kier molecular flexibility index (Phi) is 6.77. The maximum atomic E-state index is 12.4. The summed E-state index contributed by atoms with van der Waals surface area (Å²) >= 11 is 0. The second-order valence-corrected chi connectivity index (χ2v) is 8.04. The van der Waals surface area contributed by atoms with Crippen LogP contribution in [-0.4, -0.2) is 28.3 Å². The number of amides is 3. The lowest BCUT2D eigenvalue weighted by atomic mass is 10.00.